The third kappa shape index (κ3) is 4.85. The molecule has 0 spiro atoms. The van der Waals surface area contributed by atoms with Crippen LogP contribution in [0.5, 0.6) is 0 Å². The van der Waals surface area contributed by atoms with Gasteiger partial charge in [-0.25, -0.2) is 9.97 Å². The van der Waals surface area contributed by atoms with E-state index in [1.807, 2.05) is 57.2 Å². The summed E-state index contributed by atoms with van der Waals surface area (Å²) in [5, 5.41) is 3.02. The molecule has 0 aliphatic carbocycles. The van der Waals surface area contributed by atoms with Crippen molar-refractivity contribution in [2.24, 2.45) is 0 Å². The van der Waals surface area contributed by atoms with E-state index in [2.05, 4.69) is 22.1 Å². The van der Waals surface area contributed by atoms with Gasteiger partial charge in [-0.15, -0.1) is 0 Å². The minimum Gasteiger partial charge on any atom is -0.354 e. The van der Waals surface area contributed by atoms with E-state index in [1.54, 1.807) is 0 Å². The van der Waals surface area contributed by atoms with E-state index in [-0.39, 0.29) is 11.4 Å². The highest BCUT2D eigenvalue weighted by Gasteiger charge is 2.25. The summed E-state index contributed by atoms with van der Waals surface area (Å²) in [6.07, 6.45) is 4.66. The zero-order valence-corrected chi connectivity index (χ0v) is 16.8. The van der Waals surface area contributed by atoms with Gasteiger partial charge in [0.2, 0.25) is 0 Å². The summed E-state index contributed by atoms with van der Waals surface area (Å²) in [7, 11) is 0. The number of nitrogens with one attached hydrogen (secondary N) is 1. The summed E-state index contributed by atoms with van der Waals surface area (Å²) >= 11 is 0. The molecule has 0 bridgehead atoms. The monoisotopic (exact) mass is 366 g/mol. The van der Waals surface area contributed by atoms with Crippen molar-refractivity contribution in [3.05, 3.63) is 42.1 Å². The van der Waals surface area contributed by atoms with Crippen molar-refractivity contribution in [3.8, 4) is 11.4 Å². The Hall–Kier alpha value is -2.43. The Kier molecular flexibility index (Phi) is 5.78. The fraction of sp³-hybridized carbons (Fsp3) is 0.500. The van der Waals surface area contributed by atoms with E-state index in [9.17, 15) is 4.79 Å². The summed E-state index contributed by atoms with van der Waals surface area (Å²) in [6.45, 7) is 9.12. The number of carbonyl (C=O) groups is 1. The van der Waals surface area contributed by atoms with Gasteiger partial charge in [-0.3, -0.25) is 4.79 Å². The van der Waals surface area contributed by atoms with Gasteiger partial charge in [0.25, 0.3) is 5.91 Å². The van der Waals surface area contributed by atoms with Crippen molar-refractivity contribution in [2.75, 3.05) is 11.4 Å². The third-order valence-corrected chi connectivity index (χ3v) is 4.86. The average Bonchev–Trinajstić information content (AvgIpc) is 2.67. The van der Waals surface area contributed by atoms with E-state index in [4.69, 9.17) is 4.98 Å². The van der Waals surface area contributed by atoms with Crippen LogP contribution in [0.4, 0.5) is 5.82 Å². The fourth-order valence-electron chi connectivity index (χ4n) is 3.55. The summed E-state index contributed by atoms with van der Waals surface area (Å²) < 4.78 is 0. The molecule has 1 saturated heterocycles. The molecule has 5 heteroatoms. The molecule has 1 amide bonds. The molecular weight excluding hydrogens is 336 g/mol. The molecule has 1 atom stereocenters. The topological polar surface area (TPSA) is 58.1 Å². The maximum atomic E-state index is 12.8. The number of anilines is 1. The van der Waals surface area contributed by atoms with Gasteiger partial charge in [0.05, 0.1) is 0 Å². The Balaban J connectivity index is 2.04. The standard InChI is InChI=1S/C22H30N4O/c1-5-17-13-9-10-14-26(17)19-15-18(21(27)25-22(2,3)4)23-20(24-19)16-11-7-6-8-12-16/h6-8,11-12,15,17H,5,9-10,13-14H2,1-4H3,(H,25,27). The number of aromatic nitrogens is 2. The molecular formula is C22H30N4O. The van der Waals surface area contributed by atoms with Crippen molar-refractivity contribution in [1.82, 2.24) is 15.3 Å². The molecule has 1 fully saturated rings. The number of nitrogens with zero attached hydrogens (tertiary/aromatic N) is 3. The van der Waals surface area contributed by atoms with Crippen LogP contribution >= 0.6 is 0 Å². The maximum Gasteiger partial charge on any atom is 0.270 e. The molecule has 5 nitrogen and oxygen atoms in total. The van der Waals surface area contributed by atoms with Crippen LogP contribution in [0.15, 0.2) is 36.4 Å². The van der Waals surface area contributed by atoms with Gasteiger partial charge >= 0.3 is 0 Å². The highest BCUT2D eigenvalue weighted by Crippen LogP contribution is 2.27. The van der Waals surface area contributed by atoms with E-state index in [0.29, 0.717) is 17.6 Å². The highest BCUT2D eigenvalue weighted by atomic mass is 16.2. The van der Waals surface area contributed by atoms with Crippen molar-refractivity contribution < 1.29 is 4.79 Å². The fourth-order valence-corrected chi connectivity index (χ4v) is 3.55. The molecule has 1 N–H and O–H groups in total. The second kappa shape index (κ2) is 8.07. The van der Waals surface area contributed by atoms with Crippen LogP contribution in [0.3, 0.4) is 0 Å². The molecule has 1 aromatic heterocycles. The Morgan fingerprint density at radius 2 is 1.93 bits per heavy atom. The number of piperidine rings is 1. The quantitative estimate of drug-likeness (QED) is 0.869. The number of rotatable bonds is 4. The molecule has 1 aliphatic heterocycles. The van der Waals surface area contributed by atoms with Gasteiger partial charge in [-0.1, -0.05) is 37.3 Å². The van der Waals surface area contributed by atoms with Gasteiger partial charge in [0, 0.05) is 29.8 Å². The summed E-state index contributed by atoms with van der Waals surface area (Å²) in [5.74, 6) is 1.30. The van der Waals surface area contributed by atoms with Crippen LogP contribution in [0, 0.1) is 0 Å². The van der Waals surface area contributed by atoms with Gasteiger partial charge < -0.3 is 10.2 Å². The number of hydrogen-bond acceptors (Lipinski definition) is 4. The van der Waals surface area contributed by atoms with Crippen LogP contribution < -0.4 is 10.2 Å². The lowest BCUT2D eigenvalue weighted by Gasteiger charge is -2.36. The molecule has 1 aliphatic rings. The molecule has 1 aromatic carbocycles. The third-order valence-electron chi connectivity index (χ3n) is 4.86. The van der Waals surface area contributed by atoms with Gasteiger partial charge in [-0.2, -0.15) is 0 Å². The second-order valence-corrected chi connectivity index (χ2v) is 8.26. The van der Waals surface area contributed by atoms with Crippen molar-refractivity contribution in [2.45, 2.75) is 65.0 Å². The Morgan fingerprint density at radius 3 is 2.59 bits per heavy atom. The highest BCUT2D eigenvalue weighted by molar-refractivity contribution is 5.94. The van der Waals surface area contributed by atoms with Crippen molar-refractivity contribution >= 4 is 11.7 Å². The van der Waals surface area contributed by atoms with E-state index in [1.165, 1.54) is 12.8 Å². The van der Waals surface area contributed by atoms with E-state index in [0.717, 1.165) is 30.8 Å². The van der Waals surface area contributed by atoms with Crippen molar-refractivity contribution in [3.63, 3.8) is 0 Å². The smallest absolute Gasteiger partial charge is 0.270 e. The largest absolute Gasteiger partial charge is 0.354 e. The zero-order chi connectivity index (χ0) is 19.4. The molecule has 0 radical (unpaired) electrons. The molecule has 144 valence electrons. The first-order valence-electron chi connectivity index (χ1n) is 9.91. The SMILES string of the molecule is CCC1CCCCN1c1cc(C(=O)NC(C)(C)C)nc(-c2ccccc2)n1. The minimum atomic E-state index is -0.313. The lowest BCUT2D eigenvalue weighted by molar-refractivity contribution is 0.0914. The number of benzene rings is 1. The summed E-state index contributed by atoms with van der Waals surface area (Å²) in [4.78, 5) is 24.6. The lowest BCUT2D eigenvalue weighted by atomic mass is 10.00. The Bertz CT molecular complexity index is 783. The molecule has 1 unspecified atom stereocenters. The van der Waals surface area contributed by atoms with Crippen LogP contribution in [-0.2, 0) is 0 Å². The number of carbonyl (C=O) groups excluding carboxylic acids is 1. The molecule has 2 heterocycles. The minimum absolute atomic E-state index is 0.159. The first-order chi connectivity index (χ1) is 12.9. The summed E-state index contributed by atoms with van der Waals surface area (Å²) in [5.41, 5.74) is 1.04. The maximum absolute atomic E-state index is 12.8. The van der Waals surface area contributed by atoms with Crippen LogP contribution in [0.1, 0.15) is 63.9 Å². The van der Waals surface area contributed by atoms with Gasteiger partial charge in [0.1, 0.15) is 11.5 Å². The summed E-state index contributed by atoms with van der Waals surface area (Å²) in [6, 6.07) is 12.2. The first-order valence-corrected chi connectivity index (χ1v) is 9.91. The predicted molar refractivity (Wildman–Crippen MR) is 110 cm³/mol. The normalized spacial score (nSPS) is 17.6. The second-order valence-electron chi connectivity index (χ2n) is 8.26. The average molecular weight is 367 g/mol. The van der Waals surface area contributed by atoms with Crippen LogP contribution in [0.25, 0.3) is 11.4 Å². The van der Waals surface area contributed by atoms with Crippen LogP contribution in [0.2, 0.25) is 0 Å². The first kappa shape index (κ1) is 19.3. The van der Waals surface area contributed by atoms with Gasteiger partial charge in [0.15, 0.2) is 5.82 Å². The molecule has 27 heavy (non-hydrogen) atoms. The number of hydrogen-bond donors (Lipinski definition) is 1. The van der Waals surface area contributed by atoms with E-state index >= 15 is 0 Å². The molecule has 2 aromatic rings. The zero-order valence-electron chi connectivity index (χ0n) is 16.8. The van der Waals surface area contributed by atoms with Crippen LogP contribution in [-0.4, -0.2) is 34.0 Å². The number of amides is 1. The van der Waals surface area contributed by atoms with Crippen molar-refractivity contribution in [1.29, 1.82) is 0 Å². The Morgan fingerprint density at radius 1 is 1.19 bits per heavy atom. The Labute approximate surface area is 162 Å². The predicted octanol–water partition coefficient (Wildman–Crippen LogP) is 4.44. The van der Waals surface area contributed by atoms with Gasteiger partial charge in [-0.05, 0) is 46.5 Å². The van der Waals surface area contributed by atoms with E-state index < -0.39 is 0 Å². The lowest BCUT2D eigenvalue weighted by Crippen LogP contribution is -2.42. The molecule has 3 rings (SSSR count). The molecule has 0 saturated carbocycles.